The lowest BCUT2D eigenvalue weighted by molar-refractivity contribution is 0.661. The summed E-state index contributed by atoms with van der Waals surface area (Å²) in [6.07, 6.45) is -0.416. The van der Waals surface area contributed by atoms with Gasteiger partial charge in [0.15, 0.2) is 29.1 Å². The molecule has 1 aliphatic heterocycles. The fraction of sp³-hybridized carbons (Fsp3) is 0.0108. The van der Waals surface area contributed by atoms with Gasteiger partial charge in [0.05, 0.1) is 55.2 Å². The van der Waals surface area contributed by atoms with E-state index in [4.69, 9.17) is 39.9 Å². The predicted octanol–water partition coefficient (Wildman–Crippen LogP) is 21.2. The topological polar surface area (TPSA) is 139 Å². The van der Waals surface area contributed by atoms with Gasteiger partial charge in [-0.05, 0) is 90.5 Å². The number of rotatable bonds is 10. The molecular weight excluding hydrogens is 1310 g/mol. The van der Waals surface area contributed by atoms with Crippen LogP contribution in [0.25, 0.3) is 178 Å². The fourth-order valence-electron chi connectivity index (χ4n) is 16.2. The van der Waals surface area contributed by atoms with E-state index < -0.39 is 6.17 Å². The number of hydrogen-bond acceptors (Lipinski definition) is 9. The van der Waals surface area contributed by atoms with Gasteiger partial charge in [-0.15, -0.1) is 0 Å². The van der Waals surface area contributed by atoms with Crippen molar-refractivity contribution in [1.29, 1.82) is 0 Å². The van der Waals surface area contributed by atoms with Gasteiger partial charge >= 0.3 is 0 Å². The lowest BCUT2D eigenvalue weighted by atomic mass is 10.1. The number of aliphatic imine (C=N–C) groups is 2. The third-order valence-corrected chi connectivity index (χ3v) is 21.0. The molecule has 1 unspecified atom stereocenters. The first-order valence-corrected chi connectivity index (χ1v) is 35.9. The van der Waals surface area contributed by atoms with Crippen molar-refractivity contribution in [2.24, 2.45) is 9.98 Å². The average molecular weight is 1370 g/mol. The van der Waals surface area contributed by atoms with Crippen molar-refractivity contribution in [3.05, 3.63) is 351 Å². The largest absolute Gasteiger partial charge is 0.330 e. The van der Waals surface area contributed by atoms with E-state index >= 15 is 0 Å². The summed E-state index contributed by atoms with van der Waals surface area (Å²) in [4.78, 5) is 43.1. The summed E-state index contributed by atoms with van der Waals surface area (Å²) >= 11 is 0. The van der Waals surface area contributed by atoms with Crippen LogP contribution in [-0.4, -0.2) is 64.5 Å². The van der Waals surface area contributed by atoms with Crippen molar-refractivity contribution in [2.75, 3.05) is 0 Å². The second-order valence-electron chi connectivity index (χ2n) is 27.2. The molecule has 0 aliphatic carbocycles. The van der Waals surface area contributed by atoms with Crippen molar-refractivity contribution in [3.63, 3.8) is 0 Å². The van der Waals surface area contributed by atoms with Crippen LogP contribution in [0, 0.1) is 0 Å². The summed E-state index contributed by atoms with van der Waals surface area (Å²) in [6.45, 7) is 0. The van der Waals surface area contributed by atoms with Crippen LogP contribution in [-0.2, 0) is 0 Å². The number of para-hydroxylation sites is 4. The van der Waals surface area contributed by atoms with Crippen LogP contribution < -0.4 is 5.32 Å². The number of nitrogens with one attached hydrogen (secondary N) is 1. The van der Waals surface area contributed by atoms with E-state index in [0.717, 1.165) is 154 Å². The van der Waals surface area contributed by atoms with Crippen molar-refractivity contribution >= 4 is 121 Å². The Morgan fingerprint density at radius 1 is 0.224 bits per heavy atom. The lowest BCUT2D eigenvalue weighted by Crippen LogP contribution is -2.37. The minimum absolute atomic E-state index is 0.416. The van der Waals surface area contributed by atoms with E-state index in [1.807, 2.05) is 97.1 Å². The van der Waals surface area contributed by atoms with E-state index in [9.17, 15) is 0 Å². The van der Waals surface area contributed by atoms with Crippen LogP contribution in [0.15, 0.2) is 350 Å². The van der Waals surface area contributed by atoms with Crippen LogP contribution >= 0.6 is 0 Å². The molecule has 0 saturated heterocycles. The highest BCUT2D eigenvalue weighted by Gasteiger charge is 2.29. The van der Waals surface area contributed by atoms with E-state index in [0.29, 0.717) is 47.0 Å². The number of hydrogen-bond donors (Lipinski definition) is 1. The maximum Gasteiger partial charge on any atom is 0.238 e. The summed E-state index contributed by atoms with van der Waals surface area (Å²) in [5.41, 5.74) is 17.4. The van der Waals surface area contributed by atoms with Gasteiger partial charge < -0.3 is 14.5 Å². The SMILES string of the molecule is c1ccc(C2=NC(c3ccccc3)NC(n3c4ccccc4c4cc5c(cc43)c3cc4c(cc3n5-c3ccccc3)c3cc5c(cc3n4-c3nc(-c4ccccc4)nc(-c4ccccc4)n3)c3cc4c(cc3n5-c3ccccc3)c3ccccc3n4-c3nc(-c4ccccc4)nc(-c4ccccc4)n3)=N2)cc1. The molecule has 0 radical (unpaired) electrons. The second kappa shape index (κ2) is 23.9. The maximum atomic E-state index is 5.59. The highest BCUT2D eigenvalue weighted by molar-refractivity contribution is 6.27. The van der Waals surface area contributed by atoms with Crippen LogP contribution in [0.5, 0.6) is 0 Å². The number of nitrogens with zero attached hydrogens (tertiary/aromatic N) is 13. The van der Waals surface area contributed by atoms with Gasteiger partial charge in [0.25, 0.3) is 0 Å². The first-order valence-electron chi connectivity index (χ1n) is 35.9. The standard InChI is InChI=1S/C93H58N14/c1-9-29-57(30-10-1)85-94-86(58-31-11-2-12-32-58)98-91(97-85)105-75-47-27-25-45-65(75)67-49-77-69(53-81(67)105)71-55-83-73(51-79(71)103(77)63-41-21-7-22-42-63)74-52-80-72(56-84(74)107(83)93-101-89(61-37-17-5-18-38-61)96-90(102-93)62-39-19-6-20-40-62)70-54-82-68(50-78(70)104(80)64-43-23-8-24-44-64)66-46-26-28-48-76(66)106(82)92-99-87(59-33-13-3-14-34-59)95-88(100-92)60-35-15-4-16-36-60/h1-56,85H,(H,94,97,98). The minimum Gasteiger partial charge on any atom is -0.330 e. The summed E-state index contributed by atoms with van der Waals surface area (Å²) in [5, 5.41) is 14.3. The number of aromatic nitrogens is 11. The van der Waals surface area contributed by atoms with Gasteiger partial charge in [-0.1, -0.05) is 255 Å². The fourth-order valence-corrected chi connectivity index (χ4v) is 16.2. The molecule has 0 amide bonds. The zero-order chi connectivity index (χ0) is 70.2. The Hall–Kier alpha value is -14.8. The molecule has 22 rings (SSSR count). The smallest absolute Gasteiger partial charge is 0.238 e. The summed E-state index contributed by atoms with van der Waals surface area (Å²) in [6, 6.07) is 119. The van der Waals surface area contributed by atoms with E-state index in [2.05, 4.69) is 271 Å². The van der Waals surface area contributed by atoms with Crippen LogP contribution in [0.3, 0.4) is 0 Å². The molecule has 1 N–H and O–H groups in total. The van der Waals surface area contributed by atoms with Crippen LogP contribution in [0.4, 0.5) is 0 Å². The van der Waals surface area contributed by atoms with Gasteiger partial charge in [0, 0.05) is 93.1 Å². The molecule has 500 valence electrons. The zero-order valence-electron chi connectivity index (χ0n) is 57.2. The van der Waals surface area contributed by atoms with Crippen molar-refractivity contribution < 1.29 is 0 Å². The number of benzene rings is 14. The van der Waals surface area contributed by atoms with Crippen molar-refractivity contribution in [2.45, 2.75) is 6.17 Å². The zero-order valence-corrected chi connectivity index (χ0v) is 57.2. The van der Waals surface area contributed by atoms with Gasteiger partial charge in [0.2, 0.25) is 17.9 Å². The van der Waals surface area contributed by atoms with Crippen molar-refractivity contribution in [3.8, 4) is 68.8 Å². The Bertz CT molecular complexity index is 7120. The highest BCUT2D eigenvalue weighted by atomic mass is 15.3. The van der Waals surface area contributed by atoms with Gasteiger partial charge in [0.1, 0.15) is 6.17 Å². The number of amidine groups is 1. The Kier molecular flexibility index (Phi) is 13.4. The first kappa shape index (κ1) is 59.9. The third-order valence-electron chi connectivity index (χ3n) is 21.0. The molecule has 8 heterocycles. The normalized spacial score (nSPS) is 13.3. The molecule has 7 aromatic heterocycles. The molecule has 0 saturated carbocycles. The summed E-state index contributed by atoms with van der Waals surface area (Å²) in [7, 11) is 0. The molecule has 0 bridgehead atoms. The number of fused-ring (bicyclic) bond motifs is 15. The summed E-state index contributed by atoms with van der Waals surface area (Å²) < 4.78 is 11.7. The van der Waals surface area contributed by atoms with Crippen molar-refractivity contribution in [1.82, 2.24) is 58.1 Å². The Balaban J connectivity index is 0.861. The molecule has 21 aromatic rings. The molecule has 14 heteroatoms. The van der Waals surface area contributed by atoms with E-state index in [1.54, 1.807) is 0 Å². The third kappa shape index (κ3) is 9.59. The maximum absolute atomic E-state index is 5.59. The second-order valence-corrected chi connectivity index (χ2v) is 27.2. The Morgan fingerprint density at radius 3 is 0.860 bits per heavy atom. The average Bonchev–Trinajstić information content (AvgIpc) is 1.53. The lowest BCUT2D eigenvalue weighted by Gasteiger charge is -2.24. The predicted molar refractivity (Wildman–Crippen MR) is 433 cm³/mol. The molecular formula is C93H58N14. The monoisotopic (exact) mass is 1370 g/mol. The molecule has 1 atom stereocenters. The molecule has 107 heavy (non-hydrogen) atoms. The van der Waals surface area contributed by atoms with Crippen LogP contribution in [0.1, 0.15) is 17.3 Å². The highest BCUT2D eigenvalue weighted by Crippen LogP contribution is 2.47. The summed E-state index contributed by atoms with van der Waals surface area (Å²) in [5.74, 6) is 4.57. The van der Waals surface area contributed by atoms with Crippen LogP contribution in [0.2, 0.25) is 0 Å². The molecule has 14 nitrogen and oxygen atoms in total. The minimum atomic E-state index is -0.416. The van der Waals surface area contributed by atoms with Gasteiger partial charge in [-0.2, -0.15) is 24.9 Å². The first-order chi connectivity index (χ1) is 53.0. The Morgan fingerprint density at radius 2 is 0.495 bits per heavy atom. The van der Waals surface area contributed by atoms with E-state index in [1.165, 1.54) is 0 Å². The van der Waals surface area contributed by atoms with Gasteiger partial charge in [-0.3, -0.25) is 13.7 Å². The molecule has 14 aromatic carbocycles. The Labute approximate surface area is 611 Å². The van der Waals surface area contributed by atoms with E-state index in [-0.39, 0.29) is 0 Å². The quantitative estimate of drug-likeness (QED) is 0.144. The molecule has 1 aliphatic rings. The molecule has 0 fully saturated rings. The van der Waals surface area contributed by atoms with Gasteiger partial charge in [-0.25, -0.2) is 15.0 Å². The molecule has 0 spiro atoms.